The van der Waals surface area contributed by atoms with Gasteiger partial charge in [-0.1, -0.05) is 12.8 Å². The summed E-state index contributed by atoms with van der Waals surface area (Å²) in [5.74, 6) is 0.310. The Morgan fingerprint density at radius 2 is 1.89 bits per heavy atom. The average Bonchev–Trinajstić information content (AvgIpc) is 3.22. The van der Waals surface area contributed by atoms with Gasteiger partial charge < -0.3 is 10.1 Å². The van der Waals surface area contributed by atoms with E-state index < -0.39 is 5.56 Å². The molecule has 10 nitrogen and oxygen atoms in total. The number of hydrogen-bond donors (Lipinski definition) is 1. The average molecular weight is 375 g/mol. The van der Waals surface area contributed by atoms with Gasteiger partial charge in [-0.3, -0.25) is 18.8 Å². The maximum atomic E-state index is 12.6. The lowest BCUT2D eigenvalue weighted by Gasteiger charge is -2.26. The van der Waals surface area contributed by atoms with Crippen molar-refractivity contribution in [2.75, 3.05) is 44.7 Å². The van der Waals surface area contributed by atoms with Crippen molar-refractivity contribution < 1.29 is 4.74 Å². The second-order valence-electron chi connectivity index (χ2n) is 7.14. The van der Waals surface area contributed by atoms with Crippen LogP contribution >= 0.6 is 0 Å². The van der Waals surface area contributed by atoms with E-state index in [9.17, 15) is 9.59 Å². The van der Waals surface area contributed by atoms with Crippen LogP contribution in [0, 0.1) is 0 Å². The Labute approximate surface area is 156 Å². The summed E-state index contributed by atoms with van der Waals surface area (Å²) < 4.78 is 8.05. The number of fused-ring (bicyclic) bond motifs is 1. The molecule has 0 spiro atoms. The smallest absolute Gasteiger partial charge is 0.332 e. The molecule has 2 aromatic heterocycles. The first kappa shape index (κ1) is 18.1. The zero-order valence-corrected chi connectivity index (χ0v) is 15.6. The number of hydrogen-bond acceptors (Lipinski definition) is 8. The van der Waals surface area contributed by atoms with E-state index in [1.807, 2.05) is 0 Å². The largest absolute Gasteiger partial charge is 0.379 e. The molecule has 1 aliphatic carbocycles. The molecule has 0 unspecified atom stereocenters. The first-order chi connectivity index (χ1) is 13.1. The van der Waals surface area contributed by atoms with Gasteiger partial charge in [-0.25, -0.2) is 9.78 Å². The summed E-state index contributed by atoms with van der Waals surface area (Å²) in [5.41, 5.74) is -0.305. The van der Waals surface area contributed by atoms with Crippen molar-refractivity contribution in [1.82, 2.24) is 29.2 Å². The van der Waals surface area contributed by atoms with Crippen LogP contribution in [0.25, 0.3) is 11.2 Å². The van der Waals surface area contributed by atoms with Crippen LogP contribution in [0.15, 0.2) is 9.59 Å². The third-order valence-corrected chi connectivity index (χ3v) is 5.40. The SMILES string of the molecule is Cn1c(=O)c2nc(NCCN3CCOCC3)nnc2n(C2CCCC2)c1=O. The summed E-state index contributed by atoms with van der Waals surface area (Å²) >= 11 is 0. The van der Waals surface area contributed by atoms with Crippen LogP contribution in [0.2, 0.25) is 0 Å². The third-order valence-electron chi connectivity index (χ3n) is 5.40. The highest BCUT2D eigenvalue weighted by atomic mass is 16.5. The van der Waals surface area contributed by atoms with Gasteiger partial charge in [0.2, 0.25) is 5.95 Å². The molecule has 10 heteroatoms. The van der Waals surface area contributed by atoms with Crippen molar-refractivity contribution in [2.24, 2.45) is 7.05 Å². The Morgan fingerprint density at radius 3 is 2.63 bits per heavy atom. The number of nitrogens with one attached hydrogen (secondary N) is 1. The monoisotopic (exact) mass is 375 g/mol. The Bertz CT molecular complexity index is 926. The van der Waals surface area contributed by atoms with Crippen LogP contribution < -0.4 is 16.6 Å². The van der Waals surface area contributed by atoms with E-state index in [1.54, 1.807) is 4.57 Å². The summed E-state index contributed by atoms with van der Waals surface area (Å²) in [4.78, 5) is 31.8. The molecule has 27 heavy (non-hydrogen) atoms. The Morgan fingerprint density at radius 1 is 1.15 bits per heavy atom. The second kappa shape index (κ2) is 7.73. The number of ether oxygens (including phenoxy) is 1. The molecule has 2 aromatic rings. The van der Waals surface area contributed by atoms with Gasteiger partial charge in [-0.2, -0.15) is 0 Å². The normalized spacial score (nSPS) is 19.0. The molecule has 3 heterocycles. The van der Waals surface area contributed by atoms with Gasteiger partial charge in [0.25, 0.3) is 5.56 Å². The van der Waals surface area contributed by atoms with Crippen LogP contribution in [0.5, 0.6) is 0 Å². The first-order valence-electron chi connectivity index (χ1n) is 9.55. The number of rotatable bonds is 5. The van der Waals surface area contributed by atoms with Crippen molar-refractivity contribution in [3.8, 4) is 0 Å². The molecule has 1 saturated carbocycles. The fourth-order valence-corrected chi connectivity index (χ4v) is 3.84. The Kier molecular flexibility index (Phi) is 5.17. The molecule has 1 saturated heterocycles. The molecule has 2 fully saturated rings. The molecule has 2 aliphatic rings. The van der Waals surface area contributed by atoms with Gasteiger partial charge in [-0.05, 0) is 12.8 Å². The maximum absolute atomic E-state index is 12.6. The van der Waals surface area contributed by atoms with E-state index in [4.69, 9.17) is 4.74 Å². The minimum absolute atomic E-state index is 0.0584. The molecule has 1 aliphatic heterocycles. The minimum atomic E-state index is -0.435. The lowest BCUT2D eigenvalue weighted by molar-refractivity contribution is 0.0398. The zero-order valence-electron chi connectivity index (χ0n) is 15.6. The summed E-state index contributed by atoms with van der Waals surface area (Å²) in [6.45, 7) is 4.81. The zero-order chi connectivity index (χ0) is 18.8. The van der Waals surface area contributed by atoms with Crippen molar-refractivity contribution in [3.63, 3.8) is 0 Å². The molecule has 1 N–H and O–H groups in total. The van der Waals surface area contributed by atoms with Gasteiger partial charge in [0.05, 0.1) is 13.2 Å². The lowest BCUT2D eigenvalue weighted by atomic mass is 10.2. The quantitative estimate of drug-likeness (QED) is 0.762. The molecule has 0 radical (unpaired) electrons. The van der Waals surface area contributed by atoms with E-state index >= 15 is 0 Å². The predicted molar refractivity (Wildman–Crippen MR) is 100 cm³/mol. The lowest BCUT2D eigenvalue weighted by Crippen LogP contribution is -2.40. The number of aromatic nitrogens is 5. The van der Waals surface area contributed by atoms with Gasteiger partial charge in [0.15, 0.2) is 11.2 Å². The van der Waals surface area contributed by atoms with E-state index in [0.717, 1.165) is 63.1 Å². The third kappa shape index (κ3) is 3.59. The van der Waals surface area contributed by atoms with E-state index in [1.165, 1.54) is 7.05 Å². The predicted octanol–water partition coefficient (Wildman–Crippen LogP) is -0.256. The second-order valence-corrected chi connectivity index (χ2v) is 7.14. The summed E-state index contributed by atoms with van der Waals surface area (Å²) in [6.07, 6.45) is 3.97. The van der Waals surface area contributed by atoms with Crippen LogP contribution in [0.1, 0.15) is 31.7 Å². The molecule has 4 rings (SSSR count). The molecular weight excluding hydrogens is 350 g/mol. The number of anilines is 1. The topological polar surface area (TPSA) is 107 Å². The van der Waals surface area contributed by atoms with Crippen LogP contribution in [0.3, 0.4) is 0 Å². The maximum Gasteiger partial charge on any atom is 0.332 e. The van der Waals surface area contributed by atoms with Crippen LogP contribution in [-0.2, 0) is 11.8 Å². The number of nitrogens with zero attached hydrogens (tertiary/aromatic N) is 6. The highest BCUT2D eigenvalue weighted by molar-refractivity contribution is 5.69. The summed E-state index contributed by atoms with van der Waals surface area (Å²) in [6, 6.07) is 0.0584. The molecule has 0 aromatic carbocycles. The molecule has 0 amide bonds. The van der Waals surface area contributed by atoms with Crippen molar-refractivity contribution in [2.45, 2.75) is 31.7 Å². The fraction of sp³-hybridized carbons (Fsp3) is 0.706. The molecular formula is C17H25N7O3. The van der Waals surface area contributed by atoms with E-state index in [0.29, 0.717) is 12.5 Å². The van der Waals surface area contributed by atoms with Gasteiger partial charge >= 0.3 is 5.69 Å². The van der Waals surface area contributed by atoms with Gasteiger partial charge in [0.1, 0.15) is 0 Å². The van der Waals surface area contributed by atoms with Gasteiger partial charge in [0, 0.05) is 39.3 Å². The highest BCUT2D eigenvalue weighted by Gasteiger charge is 2.24. The van der Waals surface area contributed by atoms with Crippen molar-refractivity contribution >= 4 is 17.1 Å². The Balaban J connectivity index is 1.59. The standard InChI is InChI=1S/C17H25N7O3/c1-22-15(25)13-14(24(17(22)26)12-4-2-3-5-12)20-21-16(19-13)18-6-7-23-8-10-27-11-9-23/h12H,2-11H2,1H3,(H,18,19,21). The summed E-state index contributed by atoms with van der Waals surface area (Å²) in [7, 11) is 1.49. The molecule has 146 valence electrons. The Hall–Kier alpha value is -2.33. The van der Waals surface area contributed by atoms with Crippen molar-refractivity contribution in [3.05, 3.63) is 20.8 Å². The fourth-order valence-electron chi connectivity index (χ4n) is 3.84. The first-order valence-corrected chi connectivity index (χ1v) is 9.55. The van der Waals surface area contributed by atoms with Crippen molar-refractivity contribution in [1.29, 1.82) is 0 Å². The summed E-state index contributed by atoms with van der Waals surface area (Å²) in [5, 5.41) is 11.4. The van der Waals surface area contributed by atoms with Crippen LogP contribution in [0.4, 0.5) is 5.95 Å². The van der Waals surface area contributed by atoms with Crippen LogP contribution in [-0.4, -0.2) is 68.6 Å². The van der Waals surface area contributed by atoms with E-state index in [-0.39, 0.29) is 22.9 Å². The highest BCUT2D eigenvalue weighted by Crippen LogP contribution is 2.29. The van der Waals surface area contributed by atoms with Gasteiger partial charge in [-0.15, -0.1) is 10.2 Å². The minimum Gasteiger partial charge on any atom is -0.379 e. The number of morpholine rings is 1. The van der Waals surface area contributed by atoms with E-state index in [2.05, 4.69) is 25.4 Å². The molecule has 0 atom stereocenters. The molecule has 0 bridgehead atoms.